The standard InChI is InChI=1S/C32H47NO5/c1-20(16-22(3)12-14-28-24(5)13-15-30(35)38-28)10-9-11-21(2)17-25(6)31(36)27(8)32(37)26(7)18-23(4)19-29(33)34/h9,11-17,19-20,24-28,32,37H,10,18H2,1-8H3,(H2,33,34)/b11-9+,14-12+,21-17+,22-16-,23-19+/t20-,24+,25-,26+,27-,28+,32-/m1/s1. The molecule has 3 N–H and O–H groups in total. The zero-order valence-corrected chi connectivity index (χ0v) is 24.3. The molecular formula is C32H47NO5. The summed E-state index contributed by atoms with van der Waals surface area (Å²) in [7, 11) is 0. The summed E-state index contributed by atoms with van der Waals surface area (Å²) in [5, 5.41) is 10.7. The molecule has 0 saturated heterocycles. The number of ether oxygens (including phenoxy) is 1. The molecule has 7 atom stereocenters. The summed E-state index contributed by atoms with van der Waals surface area (Å²) in [6.07, 6.45) is 17.2. The molecule has 1 amide bonds. The highest BCUT2D eigenvalue weighted by Gasteiger charge is 2.29. The molecule has 38 heavy (non-hydrogen) atoms. The summed E-state index contributed by atoms with van der Waals surface area (Å²) in [5.74, 6) is -1.37. The van der Waals surface area contributed by atoms with E-state index in [1.807, 2.05) is 65.0 Å². The summed E-state index contributed by atoms with van der Waals surface area (Å²) in [4.78, 5) is 35.5. The number of aliphatic hydroxyl groups is 1. The van der Waals surface area contributed by atoms with Crippen LogP contribution in [0.4, 0.5) is 0 Å². The second-order valence-electron chi connectivity index (χ2n) is 11.0. The number of aliphatic hydroxyl groups excluding tert-OH is 1. The third kappa shape index (κ3) is 12.0. The van der Waals surface area contributed by atoms with Crippen LogP contribution >= 0.6 is 0 Å². The number of carbonyl (C=O) groups excluding carboxylic acids is 3. The summed E-state index contributed by atoms with van der Waals surface area (Å²) in [6.45, 7) is 15.4. The predicted octanol–water partition coefficient (Wildman–Crippen LogP) is 5.80. The zero-order valence-electron chi connectivity index (χ0n) is 24.3. The van der Waals surface area contributed by atoms with Crippen LogP contribution in [0.1, 0.15) is 68.2 Å². The lowest BCUT2D eigenvalue weighted by Gasteiger charge is -2.25. The lowest BCUT2D eigenvalue weighted by molar-refractivity contribution is -0.143. The van der Waals surface area contributed by atoms with Crippen LogP contribution in [-0.4, -0.2) is 35.0 Å². The van der Waals surface area contributed by atoms with Crippen LogP contribution in [0.3, 0.4) is 0 Å². The first kappa shape index (κ1) is 33.0. The third-order valence-corrected chi connectivity index (χ3v) is 6.83. The van der Waals surface area contributed by atoms with Crippen LogP contribution in [0.5, 0.6) is 0 Å². The average Bonchev–Trinajstić information content (AvgIpc) is 2.82. The SMILES string of the molecule is CC(=C/[C@H](C)C/C=C/C(C)=C/[C@@H](C)C(=O)[C@@H](C)[C@H](O)[C@@H](C)C/C(C)=C/C(N)=O)/C=C/[C@@H]1OC(=O)C=C[C@@H]1C. The molecule has 0 aliphatic carbocycles. The van der Waals surface area contributed by atoms with Crippen LogP contribution in [0.25, 0.3) is 0 Å². The number of ketones is 1. The van der Waals surface area contributed by atoms with E-state index in [1.54, 1.807) is 13.8 Å². The van der Waals surface area contributed by atoms with Gasteiger partial charge < -0.3 is 15.6 Å². The van der Waals surface area contributed by atoms with E-state index >= 15 is 0 Å². The van der Waals surface area contributed by atoms with Crippen molar-refractivity contribution in [1.82, 2.24) is 0 Å². The molecule has 1 aliphatic rings. The topological polar surface area (TPSA) is 107 Å². The van der Waals surface area contributed by atoms with Gasteiger partial charge in [0.05, 0.1) is 6.10 Å². The molecule has 0 bridgehead atoms. The molecule has 0 fully saturated rings. The number of allylic oxidation sites excluding steroid dienone is 8. The van der Waals surface area contributed by atoms with Crippen LogP contribution in [0.15, 0.2) is 71.4 Å². The van der Waals surface area contributed by atoms with Crippen LogP contribution < -0.4 is 5.73 Å². The maximum absolute atomic E-state index is 12.9. The first-order chi connectivity index (χ1) is 17.7. The summed E-state index contributed by atoms with van der Waals surface area (Å²) in [6, 6.07) is 0. The monoisotopic (exact) mass is 525 g/mol. The summed E-state index contributed by atoms with van der Waals surface area (Å²) in [5.41, 5.74) is 8.08. The fourth-order valence-corrected chi connectivity index (χ4v) is 4.66. The highest BCUT2D eigenvalue weighted by molar-refractivity contribution is 5.86. The second kappa shape index (κ2) is 16.1. The Morgan fingerprint density at radius 2 is 1.71 bits per heavy atom. The van der Waals surface area contributed by atoms with Crippen molar-refractivity contribution in [2.45, 2.75) is 80.4 Å². The van der Waals surface area contributed by atoms with Gasteiger partial charge >= 0.3 is 5.97 Å². The Bertz CT molecular complexity index is 1010. The summed E-state index contributed by atoms with van der Waals surface area (Å²) < 4.78 is 5.35. The molecule has 6 nitrogen and oxygen atoms in total. The highest BCUT2D eigenvalue weighted by atomic mass is 16.5. The molecule has 1 aliphatic heterocycles. The molecule has 0 aromatic carbocycles. The lowest BCUT2D eigenvalue weighted by atomic mass is 9.83. The Kier molecular flexibility index (Phi) is 14.0. The Morgan fingerprint density at radius 1 is 1.08 bits per heavy atom. The number of amides is 1. The predicted molar refractivity (Wildman–Crippen MR) is 154 cm³/mol. The van der Waals surface area contributed by atoms with Crippen molar-refractivity contribution in [3.05, 3.63) is 71.4 Å². The molecule has 0 aromatic heterocycles. The van der Waals surface area contributed by atoms with Crippen molar-refractivity contribution in [2.75, 3.05) is 0 Å². The van der Waals surface area contributed by atoms with Crippen molar-refractivity contribution < 1.29 is 24.2 Å². The van der Waals surface area contributed by atoms with E-state index < -0.39 is 17.9 Å². The Labute approximate surface area is 229 Å². The molecular weight excluding hydrogens is 478 g/mol. The van der Waals surface area contributed by atoms with Crippen LogP contribution in [-0.2, 0) is 19.1 Å². The zero-order chi connectivity index (χ0) is 29.0. The van der Waals surface area contributed by atoms with E-state index in [9.17, 15) is 19.5 Å². The van der Waals surface area contributed by atoms with Gasteiger partial charge in [-0.2, -0.15) is 0 Å². The number of cyclic esters (lactones) is 1. The van der Waals surface area contributed by atoms with Crippen molar-refractivity contribution in [3.63, 3.8) is 0 Å². The van der Waals surface area contributed by atoms with E-state index in [4.69, 9.17) is 10.5 Å². The van der Waals surface area contributed by atoms with E-state index in [2.05, 4.69) is 19.1 Å². The smallest absolute Gasteiger partial charge is 0.331 e. The Balaban J connectivity index is 2.63. The van der Waals surface area contributed by atoms with E-state index in [1.165, 1.54) is 12.2 Å². The third-order valence-electron chi connectivity index (χ3n) is 6.83. The van der Waals surface area contributed by atoms with Crippen molar-refractivity contribution in [1.29, 1.82) is 0 Å². The molecule has 1 heterocycles. The number of Topliss-reactive ketones (excluding diaryl/α,β-unsaturated/α-hetero) is 1. The van der Waals surface area contributed by atoms with Crippen molar-refractivity contribution in [2.24, 2.45) is 35.3 Å². The minimum Gasteiger partial charge on any atom is -0.454 e. The minimum absolute atomic E-state index is 0.0131. The molecule has 0 aromatic rings. The second-order valence-corrected chi connectivity index (χ2v) is 11.0. The maximum atomic E-state index is 12.9. The number of nitrogens with two attached hydrogens (primary N) is 1. The number of rotatable bonds is 14. The number of hydrogen-bond donors (Lipinski definition) is 2. The van der Waals surface area contributed by atoms with E-state index in [0.717, 1.165) is 23.1 Å². The van der Waals surface area contributed by atoms with Gasteiger partial charge in [0.2, 0.25) is 5.91 Å². The van der Waals surface area contributed by atoms with Gasteiger partial charge in [0.1, 0.15) is 11.9 Å². The molecule has 0 unspecified atom stereocenters. The Morgan fingerprint density at radius 3 is 2.34 bits per heavy atom. The van der Waals surface area contributed by atoms with E-state index in [0.29, 0.717) is 12.3 Å². The molecule has 0 saturated carbocycles. The molecule has 0 spiro atoms. The largest absolute Gasteiger partial charge is 0.454 e. The minimum atomic E-state index is -0.805. The van der Waals surface area contributed by atoms with E-state index in [-0.39, 0.29) is 35.6 Å². The van der Waals surface area contributed by atoms with Gasteiger partial charge in [0.25, 0.3) is 0 Å². The number of carbonyl (C=O) groups is 3. The van der Waals surface area contributed by atoms with Gasteiger partial charge in [0, 0.05) is 29.9 Å². The lowest BCUT2D eigenvalue weighted by Crippen LogP contribution is -2.34. The van der Waals surface area contributed by atoms with Gasteiger partial charge in [-0.25, -0.2) is 4.79 Å². The fraction of sp³-hybridized carbons (Fsp3) is 0.531. The number of esters is 1. The van der Waals surface area contributed by atoms with Crippen molar-refractivity contribution in [3.8, 4) is 0 Å². The molecule has 6 heteroatoms. The highest BCUT2D eigenvalue weighted by Crippen LogP contribution is 2.24. The van der Waals surface area contributed by atoms with Gasteiger partial charge in [0.15, 0.2) is 0 Å². The van der Waals surface area contributed by atoms with Gasteiger partial charge in [-0.3, -0.25) is 9.59 Å². The molecule has 1 rings (SSSR count). The first-order valence-electron chi connectivity index (χ1n) is 13.5. The first-order valence-corrected chi connectivity index (χ1v) is 13.5. The van der Waals surface area contributed by atoms with Crippen LogP contribution in [0.2, 0.25) is 0 Å². The molecule has 0 radical (unpaired) electrons. The summed E-state index contributed by atoms with van der Waals surface area (Å²) >= 11 is 0. The van der Waals surface area contributed by atoms with Gasteiger partial charge in [-0.05, 0) is 51.5 Å². The normalized spacial score (nSPS) is 23.3. The van der Waals surface area contributed by atoms with Crippen molar-refractivity contribution >= 4 is 17.7 Å². The van der Waals surface area contributed by atoms with Gasteiger partial charge in [-0.1, -0.05) is 87.8 Å². The number of primary amides is 1. The van der Waals surface area contributed by atoms with Crippen LogP contribution in [0, 0.1) is 29.6 Å². The average molecular weight is 526 g/mol. The maximum Gasteiger partial charge on any atom is 0.331 e. The quantitative estimate of drug-likeness (QED) is 0.169. The van der Waals surface area contributed by atoms with Gasteiger partial charge in [-0.15, -0.1) is 0 Å². The Hall–Kier alpha value is -2.99. The molecule has 210 valence electrons. The fourth-order valence-electron chi connectivity index (χ4n) is 4.66. The number of hydrogen-bond acceptors (Lipinski definition) is 5.